The second-order valence-corrected chi connectivity index (χ2v) is 3.08. The molecule has 5 heteroatoms. The number of nitrogens with zero attached hydrogens (tertiary/aromatic N) is 1. The minimum atomic E-state index is -1.36. The van der Waals surface area contributed by atoms with Crippen molar-refractivity contribution < 1.29 is 14.6 Å². The number of carbonyl (C=O) groups is 1. The number of carbonyl (C=O) groups excluding carboxylic acids is 1. The Hall–Kier alpha value is -1.62. The number of hydrogen-bond donors (Lipinski definition) is 2. The summed E-state index contributed by atoms with van der Waals surface area (Å²) in [5, 5.41) is 9.69. The van der Waals surface area contributed by atoms with E-state index >= 15 is 0 Å². The molecule has 0 aliphatic rings. The van der Waals surface area contributed by atoms with Crippen LogP contribution in [0, 0.1) is 6.92 Å². The maximum absolute atomic E-state index is 11.3. The van der Waals surface area contributed by atoms with E-state index in [1.165, 1.54) is 6.20 Å². The monoisotopic (exact) mass is 210 g/mol. The molecule has 1 aromatic heterocycles. The molecule has 3 N–H and O–H groups in total. The Morgan fingerprint density at radius 1 is 1.73 bits per heavy atom. The van der Waals surface area contributed by atoms with Gasteiger partial charge in [-0.3, -0.25) is 0 Å². The standard InChI is InChI=1S/C10H14N2O3/c1-3-15-10(14)8(13)7-6(2)4-5-12-9(7)11/h4-5,8,13H,3H2,1-2H3,(H2,11,12). The van der Waals surface area contributed by atoms with E-state index in [4.69, 9.17) is 10.5 Å². The summed E-state index contributed by atoms with van der Waals surface area (Å²) in [4.78, 5) is 15.1. The molecule has 0 saturated heterocycles. The SMILES string of the molecule is CCOC(=O)C(O)c1c(C)ccnc1N. The maximum atomic E-state index is 11.3. The number of pyridine rings is 1. The zero-order chi connectivity index (χ0) is 11.4. The quantitative estimate of drug-likeness (QED) is 0.712. The third-order valence-electron chi connectivity index (χ3n) is 2.02. The number of nitrogen functional groups attached to an aromatic ring is 1. The number of anilines is 1. The summed E-state index contributed by atoms with van der Waals surface area (Å²) in [6.45, 7) is 3.63. The van der Waals surface area contributed by atoms with Gasteiger partial charge in [-0.1, -0.05) is 0 Å². The number of aromatic nitrogens is 1. The van der Waals surface area contributed by atoms with Crippen LogP contribution in [-0.2, 0) is 9.53 Å². The summed E-state index contributed by atoms with van der Waals surface area (Å²) in [7, 11) is 0. The highest BCUT2D eigenvalue weighted by atomic mass is 16.5. The molecule has 0 amide bonds. The maximum Gasteiger partial charge on any atom is 0.339 e. The largest absolute Gasteiger partial charge is 0.464 e. The molecule has 1 unspecified atom stereocenters. The first kappa shape index (κ1) is 11.5. The van der Waals surface area contributed by atoms with Crippen LogP contribution in [0.15, 0.2) is 12.3 Å². The number of nitrogens with two attached hydrogens (primary N) is 1. The molecule has 1 aromatic rings. The van der Waals surface area contributed by atoms with Crippen LogP contribution in [0.25, 0.3) is 0 Å². The van der Waals surface area contributed by atoms with Gasteiger partial charge in [-0.15, -0.1) is 0 Å². The van der Waals surface area contributed by atoms with Gasteiger partial charge in [0.25, 0.3) is 0 Å². The highest BCUT2D eigenvalue weighted by Crippen LogP contribution is 2.23. The fourth-order valence-electron chi connectivity index (χ4n) is 1.29. The lowest BCUT2D eigenvalue weighted by molar-refractivity contribution is -0.153. The van der Waals surface area contributed by atoms with Crippen LogP contribution < -0.4 is 5.73 Å². The Morgan fingerprint density at radius 3 is 2.93 bits per heavy atom. The Bertz CT molecular complexity index is 345. The van der Waals surface area contributed by atoms with E-state index in [0.717, 1.165) is 0 Å². The van der Waals surface area contributed by atoms with Crippen LogP contribution in [0.2, 0.25) is 0 Å². The van der Waals surface area contributed by atoms with Crippen LogP contribution in [-0.4, -0.2) is 22.7 Å². The van der Waals surface area contributed by atoms with Crippen LogP contribution in [0.5, 0.6) is 0 Å². The molecule has 5 nitrogen and oxygen atoms in total. The molecular weight excluding hydrogens is 196 g/mol. The van der Waals surface area contributed by atoms with E-state index in [1.54, 1.807) is 19.9 Å². The predicted molar refractivity (Wildman–Crippen MR) is 55.0 cm³/mol. The van der Waals surface area contributed by atoms with E-state index in [9.17, 15) is 9.90 Å². The number of esters is 1. The van der Waals surface area contributed by atoms with Gasteiger partial charge in [0.2, 0.25) is 0 Å². The number of rotatable bonds is 3. The molecule has 0 aromatic carbocycles. The fourth-order valence-corrected chi connectivity index (χ4v) is 1.29. The molecule has 0 aliphatic carbocycles. The molecule has 0 aliphatic heterocycles. The van der Waals surface area contributed by atoms with E-state index in [-0.39, 0.29) is 12.4 Å². The summed E-state index contributed by atoms with van der Waals surface area (Å²) < 4.78 is 4.70. The highest BCUT2D eigenvalue weighted by molar-refractivity contribution is 5.78. The average molecular weight is 210 g/mol. The molecule has 1 heterocycles. The van der Waals surface area contributed by atoms with Crippen LogP contribution in [0.4, 0.5) is 5.82 Å². The Kier molecular flexibility index (Phi) is 3.62. The summed E-state index contributed by atoms with van der Waals surface area (Å²) in [6.07, 6.45) is 0.158. The van der Waals surface area contributed by atoms with Gasteiger partial charge in [-0.2, -0.15) is 0 Å². The number of aliphatic hydroxyl groups excluding tert-OH is 1. The third kappa shape index (κ3) is 2.44. The molecule has 1 atom stereocenters. The van der Waals surface area contributed by atoms with Crippen molar-refractivity contribution in [3.05, 3.63) is 23.4 Å². The Balaban J connectivity index is 3.00. The normalized spacial score (nSPS) is 12.2. The van der Waals surface area contributed by atoms with Gasteiger partial charge in [-0.05, 0) is 25.5 Å². The van der Waals surface area contributed by atoms with Gasteiger partial charge in [0.05, 0.1) is 6.61 Å². The average Bonchev–Trinajstić information content (AvgIpc) is 2.17. The molecule has 0 spiro atoms. The van der Waals surface area contributed by atoms with Crippen molar-refractivity contribution in [2.45, 2.75) is 20.0 Å². The first-order valence-electron chi connectivity index (χ1n) is 4.63. The molecule has 0 radical (unpaired) electrons. The van der Waals surface area contributed by atoms with E-state index < -0.39 is 12.1 Å². The number of aliphatic hydroxyl groups is 1. The third-order valence-corrected chi connectivity index (χ3v) is 2.02. The number of ether oxygens (including phenoxy) is 1. The van der Waals surface area contributed by atoms with Crippen molar-refractivity contribution in [1.29, 1.82) is 0 Å². The predicted octanol–water partition coefficient (Wildman–Crippen LogP) is 0.569. The van der Waals surface area contributed by atoms with Crippen molar-refractivity contribution in [2.24, 2.45) is 0 Å². The van der Waals surface area contributed by atoms with Crippen LogP contribution >= 0.6 is 0 Å². The van der Waals surface area contributed by atoms with E-state index in [1.807, 2.05) is 0 Å². The van der Waals surface area contributed by atoms with Gasteiger partial charge >= 0.3 is 5.97 Å². The minimum absolute atomic E-state index is 0.149. The minimum Gasteiger partial charge on any atom is -0.464 e. The lowest BCUT2D eigenvalue weighted by Crippen LogP contribution is -2.18. The summed E-state index contributed by atoms with van der Waals surface area (Å²) in [6, 6.07) is 1.67. The number of hydrogen-bond acceptors (Lipinski definition) is 5. The van der Waals surface area contributed by atoms with Crippen molar-refractivity contribution >= 4 is 11.8 Å². The summed E-state index contributed by atoms with van der Waals surface area (Å²) >= 11 is 0. The lowest BCUT2D eigenvalue weighted by atomic mass is 10.1. The zero-order valence-electron chi connectivity index (χ0n) is 8.73. The van der Waals surface area contributed by atoms with Gasteiger partial charge in [0.15, 0.2) is 6.10 Å². The van der Waals surface area contributed by atoms with Crippen LogP contribution in [0.1, 0.15) is 24.2 Å². The smallest absolute Gasteiger partial charge is 0.339 e. The molecule has 0 bridgehead atoms. The Morgan fingerprint density at radius 2 is 2.40 bits per heavy atom. The topological polar surface area (TPSA) is 85.4 Å². The molecule has 0 saturated carbocycles. The number of aryl methyl sites for hydroxylation is 1. The fraction of sp³-hybridized carbons (Fsp3) is 0.400. The molecule has 15 heavy (non-hydrogen) atoms. The molecule has 1 rings (SSSR count). The second-order valence-electron chi connectivity index (χ2n) is 3.08. The Labute approximate surface area is 87.9 Å². The van der Waals surface area contributed by atoms with Gasteiger partial charge in [0, 0.05) is 11.8 Å². The summed E-state index contributed by atoms with van der Waals surface area (Å²) in [5.41, 5.74) is 6.60. The van der Waals surface area contributed by atoms with Crippen molar-refractivity contribution in [1.82, 2.24) is 4.98 Å². The molecule has 82 valence electrons. The molecule has 0 fully saturated rings. The highest BCUT2D eigenvalue weighted by Gasteiger charge is 2.23. The van der Waals surface area contributed by atoms with Crippen molar-refractivity contribution in [3.8, 4) is 0 Å². The second kappa shape index (κ2) is 4.75. The van der Waals surface area contributed by atoms with Gasteiger partial charge < -0.3 is 15.6 Å². The van der Waals surface area contributed by atoms with Crippen molar-refractivity contribution in [3.63, 3.8) is 0 Å². The van der Waals surface area contributed by atoms with Crippen LogP contribution in [0.3, 0.4) is 0 Å². The zero-order valence-corrected chi connectivity index (χ0v) is 8.73. The summed E-state index contributed by atoms with van der Waals surface area (Å²) in [5.74, 6) is -0.559. The van der Waals surface area contributed by atoms with Gasteiger partial charge in [0.1, 0.15) is 5.82 Å². The first-order chi connectivity index (χ1) is 7.07. The van der Waals surface area contributed by atoms with E-state index in [2.05, 4.69) is 4.98 Å². The van der Waals surface area contributed by atoms with Crippen molar-refractivity contribution in [2.75, 3.05) is 12.3 Å². The first-order valence-corrected chi connectivity index (χ1v) is 4.63. The lowest BCUT2D eigenvalue weighted by Gasteiger charge is -2.13. The molecular formula is C10H14N2O3. The van der Waals surface area contributed by atoms with Gasteiger partial charge in [-0.25, -0.2) is 9.78 Å². The van der Waals surface area contributed by atoms with E-state index in [0.29, 0.717) is 11.1 Å².